The first-order chi connectivity index (χ1) is 25.7. The molecular weight excluding hydrogens is 682 g/mol. The van der Waals surface area contributed by atoms with E-state index in [1.807, 2.05) is 24.3 Å². The number of hydrogen-bond acceptors (Lipinski definition) is 4. The summed E-state index contributed by atoms with van der Waals surface area (Å²) in [6, 6.07) is 14.3. The Morgan fingerprint density at radius 3 is 1.70 bits per heavy atom. The minimum absolute atomic E-state index is 0.0387. The van der Waals surface area contributed by atoms with Crippen molar-refractivity contribution in [2.24, 2.45) is 0 Å². The Bertz CT molecular complexity index is 1520. The van der Waals surface area contributed by atoms with Gasteiger partial charge in [-0.25, -0.2) is 0 Å². The predicted octanol–water partition coefficient (Wildman–Crippen LogP) is 9.96. The van der Waals surface area contributed by atoms with E-state index in [0.717, 1.165) is 56.9 Å². The van der Waals surface area contributed by atoms with Crippen LogP contribution in [0.5, 0.6) is 5.75 Å². The number of unbranched alkanes of at least 4 members (excludes halogenated alkanes) is 1. The molecule has 0 unspecified atom stereocenters. The van der Waals surface area contributed by atoms with Gasteiger partial charge in [-0.2, -0.15) is 0 Å². The second-order valence-corrected chi connectivity index (χ2v) is 13.5. The van der Waals surface area contributed by atoms with Crippen molar-refractivity contribution in [2.45, 2.75) is 97.0 Å². The molecule has 2 aromatic carbocycles. The molecule has 0 bridgehead atoms. The second kappa shape index (κ2) is 28.0. The van der Waals surface area contributed by atoms with E-state index in [2.05, 4.69) is 95.8 Å². The number of nitrogens with one attached hydrogen (secondary N) is 3. The molecule has 2 aromatic rings. The van der Waals surface area contributed by atoms with Crippen LogP contribution >= 0.6 is 11.6 Å². The summed E-state index contributed by atoms with van der Waals surface area (Å²) in [7, 11) is 0. The van der Waals surface area contributed by atoms with Gasteiger partial charge in [0.15, 0.2) is 5.60 Å². The first-order valence-corrected chi connectivity index (χ1v) is 19.4. The summed E-state index contributed by atoms with van der Waals surface area (Å²) in [5.74, 6) is 0.279. The molecule has 53 heavy (non-hydrogen) atoms. The quantitative estimate of drug-likeness (QED) is 0.0661. The van der Waals surface area contributed by atoms with Gasteiger partial charge in [0.1, 0.15) is 5.75 Å². The fourth-order valence-corrected chi connectivity index (χ4v) is 5.05. The number of allylic oxidation sites excluding steroid dienone is 12. The zero-order valence-corrected chi connectivity index (χ0v) is 32.7. The van der Waals surface area contributed by atoms with Gasteiger partial charge in [-0.3, -0.25) is 14.4 Å². The smallest absolute Gasteiger partial charge is 0.263 e. The van der Waals surface area contributed by atoms with Crippen LogP contribution in [-0.2, 0) is 16.0 Å². The van der Waals surface area contributed by atoms with Crippen molar-refractivity contribution in [1.82, 2.24) is 16.0 Å². The number of amides is 3. The van der Waals surface area contributed by atoms with Gasteiger partial charge in [0.05, 0.1) is 0 Å². The lowest BCUT2D eigenvalue weighted by Crippen LogP contribution is -2.46. The van der Waals surface area contributed by atoms with Gasteiger partial charge >= 0.3 is 0 Å². The normalized spacial score (nSPS) is 12.2. The fraction of sp³-hybridized carbons (Fsp3) is 0.400. The summed E-state index contributed by atoms with van der Waals surface area (Å²) >= 11 is 5.89. The molecule has 0 aliphatic carbocycles. The Balaban J connectivity index is 1.48. The van der Waals surface area contributed by atoms with Gasteiger partial charge in [0.2, 0.25) is 5.91 Å². The average molecular weight is 742 g/mol. The molecule has 3 amide bonds. The molecule has 0 atom stereocenters. The molecule has 286 valence electrons. The topological polar surface area (TPSA) is 96.5 Å². The maximum atomic E-state index is 12.8. The zero-order chi connectivity index (χ0) is 38.4. The molecule has 7 nitrogen and oxygen atoms in total. The summed E-state index contributed by atoms with van der Waals surface area (Å²) in [6.07, 6.45) is 35.2. The number of carbonyl (C=O) groups is 3. The Morgan fingerprint density at radius 2 is 1.15 bits per heavy atom. The van der Waals surface area contributed by atoms with E-state index in [4.69, 9.17) is 16.3 Å². The van der Waals surface area contributed by atoms with Crippen LogP contribution in [-0.4, -0.2) is 43.0 Å². The number of halogens is 1. The fourth-order valence-electron chi connectivity index (χ4n) is 4.92. The van der Waals surface area contributed by atoms with E-state index in [0.29, 0.717) is 55.2 Å². The zero-order valence-electron chi connectivity index (χ0n) is 32.0. The van der Waals surface area contributed by atoms with Gasteiger partial charge in [-0.1, -0.05) is 104 Å². The molecule has 0 aliphatic rings. The highest BCUT2D eigenvalue weighted by atomic mass is 35.5. The summed E-state index contributed by atoms with van der Waals surface area (Å²) in [5.41, 5.74) is 0.550. The van der Waals surface area contributed by atoms with Gasteiger partial charge < -0.3 is 20.7 Å². The molecule has 0 aromatic heterocycles. The summed E-state index contributed by atoms with van der Waals surface area (Å²) < 4.78 is 5.99. The third-order valence-electron chi connectivity index (χ3n) is 7.99. The van der Waals surface area contributed by atoms with Crippen LogP contribution in [0.2, 0.25) is 5.02 Å². The molecule has 0 spiro atoms. The largest absolute Gasteiger partial charge is 0.478 e. The molecule has 3 N–H and O–H groups in total. The van der Waals surface area contributed by atoms with Crippen LogP contribution < -0.4 is 20.7 Å². The molecule has 0 saturated heterocycles. The maximum absolute atomic E-state index is 12.8. The van der Waals surface area contributed by atoms with E-state index in [-0.39, 0.29) is 17.7 Å². The third-order valence-corrected chi connectivity index (χ3v) is 8.25. The SMILES string of the molecule is CCC=CCC=CCC=CCC=CCC=CCC=CCCC(=O)NCCCCNC(=O)C(C)(C)Oc1ccc(CCNC(=O)c2ccc(Cl)cc2)cc1. The molecule has 8 heteroatoms. The van der Waals surface area contributed by atoms with Crippen LogP contribution in [0, 0.1) is 0 Å². The maximum Gasteiger partial charge on any atom is 0.263 e. The number of carbonyl (C=O) groups excluding carboxylic acids is 3. The highest BCUT2D eigenvalue weighted by Gasteiger charge is 2.29. The highest BCUT2D eigenvalue weighted by molar-refractivity contribution is 6.30. The van der Waals surface area contributed by atoms with Crippen LogP contribution in [0.1, 0.15) is 101 Å². The minimum atomic E-state index is -1.05. The third kappa shape index (κ3) is 22.1. The summed E-state index contributed by atoms with van der Waals surface area (Å²) in [4.78, 5) is 37.2. The van der Waals surface area contributed by atoms with Gasteiger partial charge in [0, 0.05) is 36.6 Å². The van der Waals surface area contributed by atoms with E-state index >= 15 is 0 Å². The molecule has 0 radical (unpaired) electrons. The minimum Gasteiger partial charge on any atom is -0.478 e. The molecule has 2 rings (SSSR count). The molecule has 0 saturated carbocycles. The second-order valence-electron chi connectivity index (χ2n) is 13.0. The highest BCUT2D eigenvalue weighted by Crippen LogP contribution is 2.20. The van der Waals surface area contributed by atoms with Crippen LogP contribution in [0.4, 0.5) is 0 Å². The lowest BCUT2D eigenvalue weighted by molar-refractivity contribution is -0.134. The predicted molar refractivity (Wildman–Crippen MR) is 221 cm³/mol. The van der Waals surface area contributed by atoms with Gasteiger partial charge in [-0.05, 0) is 120 Å². The van der Waals surface area contributed by atoms with Crippen molar-refractivity contribution in [3.8, 4) is 5.75 Å². The molecule has 0 heterocycles. The van der Waals surface area contributed by atoms with Gasteiger partial charge in [0.25, 0.3) is 11.8 Å². The number of ether oxygens (including phenoxy) is 1. The van der Waals surface area contributed by atoms with Crippen LogP contribution in [0.15, 0.2) is 121 Å². The van der Waals surface area contributed by atoms with E-state index in [1.165, 1.54) is 0 Å². The van der Waals surface area contributed by atoms with Crippen molar-refractivity contribution < 1.29 is 19.1 Å². The van der Waals surface area contributed by atoms with Crippen molar-refractivity contribution in [3.05, 3.63) is 138 Å². The van der Waals surface area contributed by atoms with Crippen LogP contribution in [0.25, 0.3) is 0 Å². The van der Waals surface area contributed by atoms with E-state index in [9.17, 15) is 14.4 Å². The van der Waals surface area contributed by atoms with Crippen molar-refractivity contribution in [3.63, 3.8) is 0 Å². The Morgan fingerprint density at radius 1 is 0.642 bits per heavy atom. The average Bonchev–Trinajstić information content (AvgIpc) is 3.14. The van der Waals surface area contributed by atoms with Gasteiger partial charge in [-0.15, -0.1) is 0 Å². The molecule has 0 aliphatic heterocycles. The number of rotatable bonds is 26. The van der Waals surface area contributed by atoms with Crippen molar-refractivity contribution >= 4 is 29.3 Å². The van der Waals surface area contributed by atoms with Crippen molar-refractivity contribution in [1.29, 1.82) is 0 Å². The Labute approximate surface area is 323 Å². The Kier molecular flexibility index (Phi) is 23.5. The molecular formula is C45H60ClN3O4. The first-order valence-electron chi connectivity index (χ1n) is 19.0. The number of benzene rings is 2. The number of hydrogen-bond donors (Lipinski definition) is 3. The van der Waals surface area contributed by atoms with E-state index in [1.54, 1.807) is 38.1 Å². The monoisotopic (exact) mass is 741 g/mol. The first kappa shape index (κ1) is 44.5. The standard InChI is InChI=1S/C45H60ClN3O4/c1-4-5-6-7-8-9-10-11-12-13-14-15-16-17-18-19-20-21-22-25-42(50)47-35-23-24-36-49-44(52)45(2,3)53-41-32-26-38(27-33-41)34-37-48-43(51)39-28-30-40(46)31-29-39/h5-6,8-9,11-12,14-15,17-18,20-21,26-33H,4,7,10,13,16,19,22-25,34-37H2,1-3H3,(H,47,50)(H,48,51)(H,49,52). The lowest BCUT2D eigenvalue weighted by atomic mass is 10.1. The van der Waals surface area contributed by atoms with Crippen molar-refractivity contribution in [2.75, 3.05) is 19.6 Å². The lowest BCUT2D eigenvalue weighted by Gasteiger charge is -2.25. The van der Waals surface area contributed by atoms with Crippen LogP contribution in [0.3, 0.4) is 0 Å². The molecule has 0 fully saturated rings. The summed E-state index contributed by atoms with van der Waals surface area (Å²) in [6.45, 7) is 7.19. The Hall–Kier alpha value is -4.62. The summed E-state index contributed by atoms with van der Waals surface area (Å²) in [5, 5.41) is 9.39. The van der Waals surface area contributed by atoms with E-state index < -0.39 is 5.60 Å².